The summed E-state index contributed by atoms with van der Waals surface area (Å²) in [5.74, 6) is -0.135. The molecule has 3 heterocycles. The van der Waals surface area contributed by atoms with Gasteiger partial charge in [-0.3, -0.25) is 14.5 Å². The molecule has 2 aromatic rings. The highest BCUT2D eigenvalue weighted by Gasteiger charge is 2.36. The highest BCUT2D eigenvalue weighted by molar-refractivity contribution is 7.10. The molecule has 24 heavy (non-hydrogen) atoms. The lowest BCUT2D eigenvalue weighted by atomic mass is 10.1. The van der Waals surface area contributed by atoms with Crippen LogP contribution in [0.2, 0.25) is 0 Å². The number of rotatable bonds is 3. The van der Waals surface area contributed by atoms with Crippen LogP contribution in [0.5, 0.6) is 0 Å². The fourth-order valence-corrected chi connectivity index (χ4v) is 4.44. The third-order valence-corrected chi connectivity index (χ3v) is 5.75. The molecule has 2 aliphatic rings. The molecule has 0 saturated carbocycles. The van der Waals surface area contributed by atoms with Crippen LogP contribution in [-0.4, -0.2) is 34.7 Å². The second-order valence-corrected chi connectivity index (χ2v) is 7.12. The van der Waals surface area contributed by atoms with Gasteiger partial charge in [-0.25, -0.2) is 0 Å². The number of nitrogens with zero attached hydrogens (tertiary/aromatic N) is 2. The number of carbonyl (C=O) groups excluding carboxylic acids is 2. The van der Waals surface area contributed by atoms with Gasteiger partial charge in [-0.2, -0.15) is 0 Å². The van der Waals surface area contributed by atoms with E-state index >= 15 is 0 Å². The fraction of sp³-hybridized carbons (Fsp3) is 0.263. The third kappa shape index (κ3) is 2.36. The normalized spacial score (nSPS) is 19.9. The molecule has 1 unspecified atom stereocenters. The monoisotopic (exact) mass is 338 g/mol. The minimum atomic E-state index is -0.129. The zero-order valence-electron chi connectivity index (χ0n) is 13.3. The van der Waals surface area contributed by atoms with E-state index in [-0.39, 0.29) is 24.4 Å². The summed E-state index contributed by atoms with van der Waals surface area (Å²) >= 11 is 1.68. The van der Waals surface area contributed by atoms with Gasteiger partial charge in [0.05, 0.1) is 6.04 Å². The molecule has 1 saturated heterocycles. The van der Waals surface area contributed by atoms with Crippen LogP contribution in [0.25, 0.3) is 5.70 Å². The van der Waals surface area contributed by atoms with Crippen molar-refractivity contribution in [3.8, 4) is 0 Å². The van der Waals surface area contributed by atoms with E-state index in [2.05, 4.69) is 12.6 Å². The van der Waals surface area contributed by atoms with Gasteiger partial charge in [0, 0.05) is 28.2 Å². The van der Waals surface area contributed by atoms with Crippen LogP contribution in [-0.2, 0) is 4.79 Å². The first-order valence-electron chi connectivity index (χ1n) is 8.10. The standard InChI is InChI=1S/C19H18N2O2S/c1-13-14-6-2-3-7-15(14)19(23)21(13)12-18(22)20-10-4-8-16(20)17-9-5-11-24-17/h2-3,5-7,9,11,16H,1,4,8,10,12H2. The minimum absolute atomic E-state index is 0.00629. The van der Waals surface area contributed by atoms with Gasteiger partial charge in [0.25, 0.3) is 5.91 Å². The number of hydrogen-bond acceptors (Lipinski definition) is 3. The Labute approximate surface area is 145 Å². The van der Waals surface area contributed by atoms with Gasteiger partial charge in [-0.1, -0.05) is 30.8 Å². The Morgan fingerprint density at radius 2 is 2.00 bits per heavy atom. The van der Waals surface area contributed by atoms with E-state index in [4.69, 9.17) is 0 Å². The SMILES string of the molecule is C=C1c2ccccc2C(=O)N1CC(=O)N1CCCC1c1cccs1. The molecule has 0 aliphatic carbocycles. The predicted molar refractivity (Wildman–Crippen MR) is 94.5 cm³/mol. The minimum Gasteiger partial charge on any atom is -0.333 e. The van der Waals surface area contributed by atoms with E-state index < -0.39 is 0 Å². The zero-order valence-corrected chi connectivity index (χ0v) is 14.1. The van der Waals surface area contributed by atoms with Crippen LogP contribution in [0.15, 0.2) is 48.4 Å². The van der Waals surface area contributed by atoms with E-state index in [1.165, 1.54) is 9.78 Å². The summed E-state index contributed by atoms with van der Waals surface area (Å²) in [4.78, 5) is 30.0. The van der Waals surface area contributed by atoms with E-state index in [9.17, 15) is 9.59 Å². The second-order valence-electron chi connectivity index (χ2n) is 6.14. The number of benzene rings is 1. The molecule has 122 valence electrons. The Balaban J connectivity index is 1.53. The number of fused-ring (bicyclic) bond motifs is 1. The summed E-state index contributed by atoms with van der Waals surface area (Å²) in [5, 5.41) is 2.04. The fourth-order valence-electron chi connectivity index (χ4n) is 3.57. The molecule has 0 bridgehead atoms. The van der Waals surface area contributed by atoms with Crippen molar-refractivity contribution in [1.82, 2.24) is 9.80 Å². The summed E-state index contributed by atoms with van der Waals surface area (Å²) in [5.41, 5.74) is 2.08. The molecule has 4 rings (SSSR count). The average Bonchev–Trinajstić information content (AvgIpc) is 3.31. The van der Waals surface area contributed by atoms with Gasteiger partial charge < -0.3 is 4.90 Å². The zero-order chi connectivity index (χ0) is 16.7. The van der Waals surface area contributed by atoms with Gasteiger partial charge in [0.2, 0.25) is 5.91 Å². The predicted octanol–water partition coefficient (Wildman–Crippen LogP) is 3.54. The highest BCUT2D eigenvalue weighted by atomic mass is 32.1. The van der Waals surface area contributed by atoms with E-state index in [1.54, 1.807) is 17.4 Å². The summed E-state index contributed by atoms with van der Waals surface area (Å²) in [6.07, 6.45) is 1.99. The Kier molecular flexibility index (Phi) is 3.73. The molecule has 0 spiro atoms. The Morgan fingerprint density at radius 3 is 2.71 bits per heavy atom. The first-order chi connectivity index (χ1) is 11.7. The third-order valence-electron chi connectivity index (χ3n) is 4.78. The second kappa shape index (κ2) is 5.91. The van der Waals surface area contributed by atoms with Gasteiger partial charge in [0.1, 0.15) is 6.54 Å². The summed E-state index contributed by atoms with van der Waals surface area (Å²) < 4.78 is 0. The number of likely N-dealkylation sites (tertiary alicyclic amines) is 1. The first-order valence-corrected chi connectivity index (χ1v) is 8.98. The molecule has 2 aliphatic heterocycles. The van der Waals surface area contributed by atoms with Crippen molar-refractivity contribution in [1.29, 1.82) is 0 Å². The number of hydrogen-bond donors (Lipinski definition) is 0. The summed E-state index contributed by atoms with van der Waals surface area (Å²) in [6.45, 7) is 4.83. The smallest absolute Gasteiger partial charge is 0.259 e. The average molecular weight is 338 g/mol. The lowest BCUT2D eigenvalue weighted by Crippen LogP contribution is -2.39. The number of amides is 2. The maximum atomic E-state index is 12.8. The molecule has 0 radical (unpaired) electrons. The van der Waals surface area contributed by atoms with Crippen LogP contribution < -0.4 is 0 Å². The maximum absolute atomic E-state index is 12.8. The Morgan fingerprint density at radius 1 is 1.21 bits per heavy atom. The van der Waals surface area contributed by atoms with Gasteiger partial charge in [-0.05, 0) is 30.4 Å². The first kappa shape index (κ1) is 15.1. The van der Waals surface area contributed by atoms with Gasteiger partial charge >= 0.3 is 0 Å². The number of carbonyl (C=O) groups is 2. The molecule has 4 nitrogen and oxygen atoms in total. The van der Waals surface area contributed by atoms with Crippen LogP contribution in [0, 0.1) is 0 Å². The van der Waals surface area contributed by atoms with E-state index in [0.717, 1.165) is 24.9 Å². The van der Waals surface area contributed by atoms with Gasteiger partial charge in [0.15, 0.2) is 0 Å². The maximum Gasteiger partial charge on any atom is 0.259 e. The quantitative estimate of drug-likeness (QED) is 0.859. The van der Waals surface area contributed by atoms with Gasteiger partial charge in [-0.15, -0.1) is 11.3 Å². The lowest BCUT2D eigenvalue weighted by molar-refractivity contribution is -0.132. The molecule has 1 atom stereocenters. The van der Waals surface area contributed by atoms with E-state index in [0.29, 0.717) is 11.3 Å². The number of thiophene rings is 1. The molecular formula is C19H18N2O2S. The van der Waals surface area contributed by atoms with Crippen molar-refractivity contribution >= 4 is 28.8 Å². The van der Waals surface area contributed by atoms with Crippen molar-refractivity contribution in [2.24, 2.45) is 0 Å². The molecular weight excluding hydrogens is 320 g/mol. The van der Waals surface area contributed by atoms with E-state index in [1.807, 2.05) is 34.5 Å². The molecule has 5 heteroatoms. The Hall–Kier alpha value is -2.40. The molecule has 0 N–H and O–H groups in total. The highest BCUT2D eigenvalue weighted by Crippen LogP contribution is 2.36. The molecule has 1 aromatic heterocycles. The van der Waals surface area contributed by atoms with Crippen molar-refractivity contribution < 1.29 is 9.59 Å². The Bertz CT molecular complexity index is 778. The van der Waals surface area contributed by atoms with Crippen molar-refractivity contribution in [3.05, 3.63) is 64.4 Å². The lowest BCUT2D eigenvalue weighted by Gasteiger charge is -2.26. The summed E-state index contributed by atoms with van der Waals surface area (Å²) in [7, 11) is 0. The van der Waals surface area contributed by atoms with Crippen LogP contribution >= 0.6 is 11.3 Å². The molecule has 1 aromatic carbocycles. The van der Waals surface area contributed by atoms with Crippen molar-refractivity contribution in [2.75, 3.05) is 13.1 Å². The molecule has 2 amide bonds. The van der Waals surface area contributed by atoms with Crippen LogP contribution in [0.3, 0.4) is 0 Å². The largest absolute Gasteiger partial charge is 0.333 e. The topological polar surface area (TPSA) is 40.6 Å². The van der Waals surface area contributed by atoms with Crippen molar-refractivity contribution in [3.63, 3.8) is 0 Å². The van der Waals surface area contributed by atoms with Crippen LogP contribution in [0.1, 0.15) is 39.7 Å². The summed E-state index contributed by atoms with van der Waals surface area (Å²) in [6, 6.07) is 11.6. The van der Waals surface area contributed by atoms with Crippen molar-refractivity contribution in [2.45, 2.75) is 18.9 Å². The molecule has 1 fully saturated rings. The van der Waals surface area contributed by atoms with Crippen LogP contribution in [0.4, 0.5) is 0 Å².